The van der Waals surface area contributed by atoms with Crippen LogP contribution in [-0.4, -0.2) is 23.7 Å². The first kappa shape index (κ1) is 14.4. The largest absolute Gasteiger partial charge is 0.481 e. The molecule has 0 radical (unpaired) electrons. The lowest BCUT2D eigenvalue weighted by Gasteiger charge is -2.27. The molecule has 15 heavy (non-hydrogen) atoms. The SMILES string of the molecule is CC.CCCNC1CCCC(C(=O)O)C1. The van der Waals surface area contributed by atoms with Crippen LogP contribution in [0.2, 0.25) is 0 Å². The predicted octanol–water partition coefficient (Wildman–Crippen LogP) is 2.66. The molecular formula is C12H25NO2. The minimum absolute atomic E-state index is 0.108. The van der Waals surface area contributed by atoms with E-state index in [1.54, 1.807) is 0 Å². The first-order chi connectivity index (χ1) is 7.24. The number of rotatable bonds is 4. The van der Waals surface area contributed by atoms with Gasteiger partial charge in [0.05, 0.1) is 5.92 Å². The molecule has 0 aromatic rings. The Balaban J connectivity index is 0.000000921. The Kier molecular flexibility index (Phi) is 8.38. The van der Waals surface area contributed by atoms with Crippen molar-refractivity contribution in [2.45, 2.75) is 58.9 Å². The summed E-state index contributed by atoms with van der Waals surface area (Å²) >= 11 is 0. The highest BCUT2D eigenvalue weighted by Gasteiger charge is 2.26. The summed E-state index contributed by atoms with van der Waals surface area (Å²) in [4.78, 5) is 10.7. The van der Waals surface area contributed by atoms with E-state index in [2.05, 4.69) is 12.2 Å². The molecule has 0 amide bonds. The van der Waals surface area contributed by atoms with Crippen molar-refractivity contribution in [3.63, 3.8) is 0 Å². The predicted molar refractivity (Wildman–Crippen MR) is 63.0 cm³/mol. The van der Waals surface area contributed by atoms with Gasteiger partial charge in [-0.25, -0.2) is 0 Å². The zero-order valence-corrected chi connectivity index (χ0v) is 10.3. The highest BCUT2D eigenvalue weighted by Crippen LogP contribution is 2.24. The molecule has 2 atom stereocenters. The Bertz CT molecular complexity index is 171. The molecular weight excluding hydrogens is 190 g/mol. The molecule has 0 spiro atoms. The molecule has 1 aliphatic carbocycles. The summed E-state index contributed by atoms with van der Waals surface area (Å²) in [6.07, 6.45) is 4.99. The smallest absolute Gasteiger partial charge is 0.306 e. The van der Waals surface area contributed by atoms with Crippen LogP contribution in [0.4, 0.5) is 0 Å². The fourth-order valence-corrected chi connectivity index (χ4v) is 1.95. The lowest BCUT2D eigenvalue weighted by Crippen LogP contribution is -2.36. The molecule has 0 heterocycles. The topological polar surface area (TPSA) is 49.3 Å². The van der Waals surface area contributed by atoms with E-state index in [0.29, 0.717) is 6.04 Å². The van der Waals surface area contributed by atoms with Crippen molar-refractivity contribution in [1.29, 1.82) is 0 Å². The zero-order valence-electron chi connectivity index (χ0n) is 10.3. The van der Waals surface area contributed by atoms with E-state index >= 15 is 0 Å². The average molecular weight is 215 g/mol. The van der Waals surface area contributed by atoms with Gasteiger partial charge in [0, 0.05) is 6.04 Å². The molecule has 1 fully saturated rings. The molecule has 1 rings (SSSR count). The van der Waals surface area contributed by atoms with Crippen LogP contribution in [0.25, 0.3) is 0 Å². The van der Waals surface area contributed by atoms with Gasteiger partial charge >= 0.3 is 5.97 Å². The number of hydrogen-bond acceptors (Lipinski definition) is 2. The first-order valence-corrected chi connectivity index (χ1v) is 6.20. The van der Waals surface area contributed by atoms with Crippen molar-refractivity contribution in [3.8, 4) is 0 Å². The van der Waals surface area contributed by atoms with Crippen molar-refractivity contribution in [1.82, 2.24) is 5.32 Å². The van der Waals surface area contributed by atoms with E-state index in [1.807, 2.05) is 13.8 Å². The Labute approximate surface area is 93.3 Å². The molecule has 0 aromatic heterocycles. The number of carboxylic acids is 1. The van der Waals surface area contributed by atoms with Crippen LogP contribution >= 0.6 is 0 Å². The monoisotopic (exact) mass is 215 g/mol. The third-order valence-electron chi connectivity index (χ3n) is 2.71. The number of carboxylic acid groups (broad SMARTS) is 1. The maximum absolute atomic E-state index is 10.7. The fourth-order valence-electron chi connectivity index (χ4n) is 1.95. The van der Waals surface area contributed by atoms with Gasteiger partial charge in [0.1, 0.15) is 0 Å². The lowest BCUT2D eigenvalue weighted by molar-refractivity contribution is -0.143. The van der Waals surface area contributed by atoms with E-state index in [1.165, 1.54) is 0 Å². The minimum Gasteiger partial charge on any atom is -0.481 e. The number of carbonyl (C=O) groups is 1. The van der Waals surface area contributed by atoms with E-state index in [9.17, 15) is 4.79 Å². The molecule has 0 bridgehead atoms. The van der Waals surface area contributed by atoms with Gasteiger partial charge in [-0.05, 0) is 32.2 Å². The number of hydrogen-bond donors (Lipinski definition) is 2. The van der Waals surface area contributed by atoms with E-state index in [-0.39, 0.29) is 5.92 Å². The Morgan fingerprint density at radius 2 is 2.07 bits per heavy atom. The average Bonchev–Trinajstić information content (AvgIpc) is 2.29. The van der Waals surface area contributed by atoms with E-state index < -0.39 is 5.97 Å². The second-order valence-electron chi connectivity index (χ2n) is 3.85. The molecule has 1 aliphatic rings. The summed E-state index contributed by atoms with van der Waals surface area (Å²) in [5.74, 6) is -0.730. The van der Waals surface area contributed by atoms with Gasteiger partial charge in [-0.2, -0.15) is 0 Å². The second-order valence-corrected chi connectivity index (χ2v) is 3.85. The highest BCUT2D eigenvalue weighted by molar-refractivity contribution is 5.70. The normalized spacial score (nSPS) is 25.3. The summed E-state index contributed by atoms with van der Waals surface area (Å²) < 4.78 is 0. The van der Waals surface area contributed by atoms with Crippen molar-refractivity contribution in [2.24, 2.45) is 5.92 Å². The highest BCUT2D eigenvalue weighted by atomic mass is 16.4. The molecule has 1 saturated carbocycles. The zero-order chi connectivity index (χ0) is 11.7. The molecule has 0 aromatic carbocycles. The Hall–Kier alpha value is -0.570. The van der Waals surface area contributed by atoms with Crippen LogP contribution in [0.15, 0.2) is 0 Å². The minimum atomic E-state index is -0.622. The molecule has 3 heteroatoms. The van der Waals surface area contributed by atoms with Crippen LogP contribution in [-0.2, 0) is 4.79 Å². The molecule has 90 valence electrons. The van der Waals surface area contributed by atoms with Crippen LogP contribution in [0.3, 0.4) is 0 Å². The van der Waals surface area contributed by atoms with Crippen molar-refractivity contribution in [3.05, 3.63) is 0 Å². The van der Waals surface area contributed by atoms with Crippen LogP contribution in [0, 0.1) is 5.92 Å². The molecule has 0 aliphatic heterocycles. The van der Waals surface area contributed by atoms with Gasteiger partial charge in [-0.1, -0.05) is 27.2 Å². The lowest BCUT2D eigenvalue weighted by atomic mass is 9.86. The summed E-state index contributed by atoms with van der Waals surface area (Å²) in [6, 6.07) is 0.440. The maximum atomic E-state index is 10.7. The second kappa shape index (κ2) is 8.72. The van der Waals surface area contributed by atoms with E-state index in [0.717, 1.165) is 38.6 Å². The Morgan fingerprint density at radius 3 is 2.60 bits per heavy atom. The van der Waals surface area contributed by atoms with Gasteiger partial charge < -0.3 is 10.4 Å². The van der Waals surface area contributed by atoms with Gasteiger partial charge in [-0.3, -0.25) is 4.79 Å². The summed E-state index contributed by atoms with van der Waals surface area (Å²) in [5.41, 5.74) is 0. The fraction of sp³-hybridized carbons (Fsp3) is 0.917. The molecule has 2 N–H and O–H groups in total. The summed E-state index contributed by atoms with van der Waals surface area (Å²) in [7, 11) is 0. The molecule has 0 saturated heterocycles. The van der Waals surface area contributed by atoms with Gasteiger partial charge in [0.2, 0.25) is 0 Å². The Morgan fingerprint density at radius 1 is 1.40 bits per heavy atom. The molecule has 3 nitrogen and oxygen atoms in total. The third-order valence-corrected chi connectivity index (χ3v) is 2.71. The van der Waals surface area contributed by atoms with Crippen LogP contribution < -0.4 is 5.32 Å². The quantitative estimate of drug-likeness (QED) is 0.758. The van der Waals surface area contributed by atoms with Gasteiger partial charge in [-0.15, -0.1) is 0 Å². The standard InChI is InChI=1S/C10H19NO2.C2H6/c1-2-6-11-9-5-3-4-8(7-9)10(12)13;1-2/h8-9,11H,2-7H2,1H3,(H,12,13);1-2H3. The third kappa shape index (κ3) is 5.78. The summed E-state index contributed by atoms with van der Waals surface area (Å²) in [5, 5.41) is 12.2. The van der Waals surface area contributed by atoms with E-state index in [4.69, 9.17) is 5.11 Å². The van der Waals surface area contributed by atoms with Crippen molar-refractivity contribution in [2.75, 3.05) is 6.54 Å². The van der Waals surface area contributed by atoms with Crippen LogP contribution in [0.1, 0.15) is 52.9 Å². The van der Waals surface area contributed by atoms with Gasteiger partial charge in [0.15, 0.2) is 0 Å². The summed E-state index contributed by atoms with van der Waals surface area (Å²) in [6.45, 7) is 7.14. The van der Waals surface area contributed by atoms with Crippen molar-refractivity contribution < 1.29 is 9.90 Å². The first-order valence-electron chi connectivity index (χ1n) is 6.20. The number of aliphatic carboxylic acids is 1. The molecule has 2 unspecified atom stereocenters. The number of nitrogens with one attached hydrogen (secondary N) is 1. The maximum Gasteiger partial charge on any atom is 0.306 e. The van der Waals surface area contributed by atoms with Crippen LogP contribution in [0.5, 0.6) is 0 Å². The van der Waals surface area contributed by atoms with Crippen molar-refractivity contribution >= 4 is 5.97 Å². The van der Waals surface area contributed by atoms with Gasteiger partial charge in [0.25, 0.3) is 0 Å².